The quantitative estimate of drug-likeness (QED) is 0.433. The van der Waals surface area contributed by atoms with Crippen LogP contribution in [0.3, 0.4) is 0 Å². The molecule has 1 aromatic heterocycles. The molecule has 6 rings (SSSR count). The van der Waals surface area contributed by atoms with Crippen molar-refractivity contribution in [3.8, 4) is 0 Å². The van der Waals surface area contributed by atoms with Crippen molar-refractivity contribution in [3.63, 3.8) is 0 Å². The fraction of sp³-hybridized carbons (Fsp3) is 0.471. The summed E-state index contributed by atoms with van der Waals surface area (Å²) in [6.07, 6.45) is 4.80. The van der Waals surface area contributed by atoms with E-state index in [-0.39, 0.29) is 18.4 Å². The number of hydrogen-bond donors (Lipinski definition) is 2. The van der Waals surface area contributed by atoms with E-state index < -0.39 is 6.04 Å². The van der Waals surface area contributed by atoms with Gasteiger partial charge in [-0.3, -0.25) is 19.4 Å². The molecule has 0 radical (unpaired) electrons. The number of piperazine rings is 1. The SMILES string of the molecule is CN(C)CCCCC1NC(=O)CN(C)Cc2cccc(c2)Cc2cc(ncn2)Nc2cccc(c2)CN2CCN(CC2)C1=O. The fourth-order valence-corrected chi connectivity index (χ4v) is 6.00. The highest BCUT2D eigenvalue weighted by Crippen LogP contribution is 2.20. The van der Waals surface area contributed by atoms with E-state index >= 15 is 0 Å². The molecule has 10 nitrogen and oxygen atoms in total. The summed E-state index contributed by atoms with van der Waals surface area (Å²) in [6.45, 7) is 5.50. The van der Waals surface area contributed by atoms with Gasteiger partial charge in [-0.05, 0) is 75.8 Å². The molecule has 0 aliphatic carbocycles. The third kappa shape index (κ3) is 9.32. The topological polar surface area (TPSA) is 96.9 Å². The predicted octanol–water partition coefficient (Wildman–Crippen LogP) is 3.12. The van der Waals surface area contributed by atoms with Gasteiger partial charge in [0.25, 0.3) is 0 Å². The van der Waals surface area contributed by atoms with Crippen LogP contribution in [0.4, 0.5) is 11.5 Å². The largest absolute Gasteiger partial charge is 0.343 e. The second kappa shape index (κ2) is 15.2. The first-order valence-electron chi connectivity index (χ1n) is 15.7. The minimum absolute atomic E-state index is 0.0330. The van der Waals surface area contributed by atoms with Gasteiger partial charge < -0.3 is 20.4 Å². The van der Waals surface area contributed by atoms with Crippen LogP contribution in [0.15, 0.2) is 60.9 Å². The Morgan fingerprint density at radius 2 is 1.61 bits per heavy atom. The lowest BCUT2D eigenvalue weighted by molar-refractivity contribution is -0.138. The van der Waals surface area contributed by atoms with Crippen LogP contribution in [-0.2, 0) is 29.1 Å². The Balaban J connectivity index is 1.36. The minimum atomic E-state index is -0.506. The Bertz CT molecular complexity index is 1410. The molecule has 1 unspecified atom stereocenters. The van der Waals surface area contributed by atoms with Gasteiger partial charge in [-0.25, -0.2) is 9.97 Å². The molecule has 3 aliphatic rings. The average molecular weight is 599 g/mol. The molecule has 8 bridgehead atoms. The summed E-state index contributed by atoms with van der Waals surface area (Å²) in [5.41, 5.74) is 5.38. The number of carbonyl (C=O) groups excluding carboxylic acids is 2. The lowest BCUT2D eigenvalue weighted by Crippen LogP contribution is -2.55. The Morgan fingerprint density at radius 3 is 2.41 bits per heavy atom. The number of likely N-dealkylation sites (N-methyl/N-ethyl adjacent to an activating group) is 1. The second-order valence-corrected chi connectivity index (χ2v) is 12.4. The normalized spacial score (nSPS) is 20.3. The molecule has 234 valence electrons. The van der Waals surface area contributed by atoms with Gasteiger partial charge in [0.2, 0.25) is 11.8 Å². The predicted molar refractivity (Wildman–Crippen MR) is 174 cm³/mol. The first kappa shape index (κ1) is 31.6. The number of rotatable bonds is 5. The molecule has 2 aromatic carbocycles. The van der Waals surface area contributed by atoms with Gasteiger partial charge in [0.05, 0.1) is 12.2 Å². The van der Waals surface area contributed by atoms with E-state index in [1.54, 1.807) is 6.33 Å². The summed E-state index contributed by atoms with van der Waals surface area (Å²) in [7, 11) is 6.06. The number of benzene rings is 2. The van der Waals surface area contributed by atoms with E-state index in [0.29, 0.717) is 32.5 Å². The number of amides is 2. The Kier molecular flexibility index (Phi) is 10.9. The van der Waals surface area contributed by atoms with Crippen LogP contribution in [-0.4, -0.2) is 108 Å². The van der Waals surface area contributed by atoms with Crippen LogP contribution >= 0.6 is 0 Å². The van der Waals surface area contributed by atoms with Gasteiger partial charge in [0.15, 0.2) is 0 Å². The number of nitrogens with one attached hydrogen (secondary N) is 2. The third-order valence-corrected chi connectivity index (χ3v) is 8.24. The molecule has 0 saturated carbocycles. The highest BCUT2D eigenvalue weighted by Gasteiger charge is 2.29. The standard InChI is InChI=1S/C34H46N8O2/c1-39(2)13-5-4-12-31-34(44)42-16-14-41(15-17-42)23-28-10-7-11-29(20-28)37-32-21-30(35-25-36-32)19-26-8-6-9-27(18-26)22-40(3)24-33(43)38-31/h6-11,18,20-21,25,31H,4-5,12-17,19,22-24H2,1-3H3,(H,38,43)(H,35,36,37). The van der Waals surface area contributed by atoms with E-state index in [1.807, 2.05) is 29.0 Å². The van der Waals surface area contributed by atoms with Gasteiger partial charge >= 0.3 is 0 Å². The van der Waals surface area contributed by atoms with Gasteiger partial charge in [0.1, 0.15) is 18.2 Å². The van der Waals surface area contributed by atoms with Crippen LogP contribution in [0.1, 0.15) is 41.6 Å². The van der Waals surface area contributed by atoms with Crippen molar-refractivity contribution in [2.75, 3.05) is 65.7 Å². The summed E-state index contributed by atoms with van der Waals surface area (Å²) < 4.78 is 0. The van der Waals surface area contributed by atoms with E-state index in [9.17, 15) is 9.59 Å². The first-order chi connectivity index (χ1) is 21.3. The number of aromatic nitrogens is 2. The molecule has 1 atom stereocenters. The van der Waals surface area contributed by atoms with E-state index in [0.717, 1.165) is 67.3 Å². The Hall–Kier alpha value is -3.86. The van der Waals surface area contributed by atoms with Crippen molar-refractivity contribution >= 4 is 23.3 Å². The summed E-state index contributed by atoms with van der Waals surface area (Å²) >= 11 is 0. The van der Waals surface area contributed by atoms with Crippen LogP contribution in [0.25, 0.3) is 0 Å². The lowest BCUT2D eigenvalue weighted by Gasteiger charge is -2.36. The zero-order valence-electron chi connectivity index (χ0n) is 26.3. The number of anilines is 2. The molecule has 3 aromatic rings. The van der Waals surface area contributed by atoms with Gasteiger partial charge in [-0.2, -0.15) is 0 Å². The smallest absolute Gasteiger partial charge is 0.245 e. The molecule has 10 heteroatoms. The van der Waals surface area contributed by atoms with Crippen LogP contribution < -0.4 is 10.6 Å². The van der Waals surface area contributed by atoms with Crippen molar-refractivity contribution < 1.29 is 9.59 Å². The molecule has 0 spiro atoms. The summed E-state index contributed by atoms with van der Waals surface area (Å²) in [4.78, 5) is 44.4. The molecule has 44 heavy (non-hydrogen) atoms. The third-order valence-electron chi connectivity index (χ3n) is 8.24. The van der Waals surface area contributed by atoms with Crippen molar-refractivity contribution in [2.24, 2.45) is 0 Å². The zero-order chi connectivity index (χ0) is 30.9. The van der Waals surface area contributed by atoms with E-state index in [4.69, 9.17) is 0 Å². The van der Waals surface area contributed by atoms with Gasteiger partial charge in [0, 0.05) is 57.4 Å². The number of nitrogens with zero attached hydrogens (tertiary/aromatic N) is 6. The molecular weight excluding hydrogens is 552 g/mol. The molecule has 2 amide bonds. The van der Waals surface area contributed by atoms with Crippen molar-refractivity contribution in [3.05, 3.63) is 83.3 Å². The summed E-state index contributed by atoms with van der Waals surface area (Å²) in [5.74, 6) is 0.675. The van der Waals surface area contributed by atoms with E-state index in [2.05, 4.69) is 87.0 Å². The van der Waals surface area contributed by atoms with Crippen molar-refractivity contribution in [1.82, 2.24) is 34.9 Å². The van der Waals surface area contributed by atoms with Crippen molar-refractivity contribution in [2.45, 2.75) is 44.8 Å². The molecule has 1 fully saturated rings. The highest BCUT2D eigenvalue weighted by atomic mass is 16.2. The summed E-state index contributed by atoms with van der Waals surface area (Å²) in [5, 5.41) is 6.56. The Labute approximate surface area is 261 Å². The maximum atomic E-state index is 13.7. The average Bonchev–Trinajstić information content (AvgIpc) is 2.99. The first-order valence-corrected chi connectivity index (χ1v) is 15.7. The van der Waals surface area contributed by atoms with Crippen LogP contribution in [0.2, 0.25) is 0 Å². The van der Waals surface area contributed by atoms with Gasteiger partial charge in [-0.1, -0.05) is 36.4 Å². The minimum Gasteiger partial charge on any atom is -0.343 e. The molecule has 2 N–H and O–H groups in total. The molecule has 4 heterocycles. The van der Waals surface area contributed by atoms with Crippen molar-refractivity contribution in [1.29, 1.82) is 0 Å². The maximum Gasteiger partial charge on any atom is 0.245 e. The molecule has 1 saturated heterocycles. The monoisotopic (exact) mass is 598 g/mol. The second-order valence-electron chi connectivity index (χ2n) is 12.4. The number of fused-ring (bicyclic) bond motifs is 8. The van der Waals surface area contributed by atoms with Crippen LogP contribution in [0, 0.1) is 0 Å². The molecule has 3 aliphatic heterocycles. The lowest BCUT2D eigenvalue weighted by atomic mass is 10.1. The van der Waals surface area contributed by atoms with E-state index in [1.165, 1.54) is 5.56 Å². The number of hydrogen-bond acceptors (Lipinski definition) is 8. The summed E-state index contributed by atoms with van der Waals surface area (Å²) in [6, 6.07) is 18.3. The molecular formula is C34H46N8O2. The Morgan fingerprint density at radius 1 is 0.864 bits per heavy atom. The number of carbonyl (C=O) groups is 2. The maximum absolute atomic E-state index is 13.7. The zero-order valence-corrected chi connectivity index (χ0v) is 26.3. The highest BCUT2D eigenvalue weighted by molar-refractivity contribution is 5.88. The fourth-order valence-electron chi connectivity index (χ4n) is 6.00. The van der Waals surface area contributed by atoms with Crippen LogP contribution in [0.5, 0.6) is 0 Å². The number of unbranched alkanes of at least 4 members (excludes halogenated alkanes) is 1. The van der Waals surface area contributed by atoms with Gasteiger partial charge in [-0.15, -0.1) is 0 Å².